The molecule has 0 saturated carbocycles. The lowest BCUT2D eigenvalue weighted by molar-refractivity contribution is -0.116. The first-order valence-corrected chi connectivity index (χ1v) is 13.5. The number of aromatic nitrogens is 2. The number of benzene rings is 1. The summed E-state index contributed by atoms with van der Waals surface area (Å²) < 4.78 is 6.19. The van der Waals surface area contributed by atoms with Crippen molar-refractivity contribution >= 4 is 43.8 Å². The Kier molecular flexibility index (Phi) is 7.50. The van der Waals surface area contributed by atoms with Gasteiger partial charge in [0.2, 0.25) is 5.91 Å². The lowest BCUT2D eigenvalue weighted by atomic mass is 10.0. The summed E-state index contributed by atoms with van der Waals surface area (Å²) in [4.78, 5) is 23.2. The van der Waals surface area contributed by atoms with Gasteiger partial charge in [-0.05, 0) is 60.8 Å². The van der Waals surface area contributed by atoms with Gasteiger partial charge in [0, 0.05) is 55.5 Å². The molecule has 35 heavy (non-hydrogen) atoms. The van der Waals surface area contributed by atoms with Gasteiger partial charge >= 0.3 is 0 Å². The average Bonchev–Trinajstić information content (AvgIpc) is 3.45. The summed E-state index contributed by atoms with van der Waals surface area (Å²) in [5.41, 5.74) is 5.61. The topological polar surface area (TPSA) is 88.2 Å². The van der Waals surface area contributed by atoms with Crippen LogP contribution in [0.1, 0.15) is 29.8 Å². The second kappa shape index (κ2) is 10.9. The molecule has 0 unspecified atom stereocenters. The van der Waals surface area contributed by atoms with E-state index < -0.39 is 0 Å². The number of pyridine rings is 1. The molecule has 0 fully saturated rings. The summed E-state index contributed by atoms with van der Waals surface area (Å²) in [6.45, 7) is 5.09. The zero-order valence-corrected chi connectivity index (χ0v) is 21.5. The van der Waals surface area contributed by atoms with E-state index in [9.17, 15) is 4.79 Å². The minimum Gasteiger partial charge on any atom is -0.383 e. The smallest absolute Gasteiger partial charge is 0.226 e. The lowest BCUT2D eigenvalue weighted by Crippen LogP contribution is -2.26. The number of anilines is 1. The van der Waals surface area contributed by atoms with Gasteiger partial charge in [0.25, 0.3) is 0 Å². The number of carbonyl (C=O) groups excluding carboxylic acids is 1. The third-order valence-electron chi connectivity index (χ3n) is 6.14. The number of methoxy groups -OCH3 is 1. The summed E-state index contributed by atoms with van der Waals surface area (Å²) in [6.07, 6.45) is 4.95. The van der Waals surface area contributed by atoms with Crippen LogP contribution in [0.15, 0.2) is 42.7 Å². The molecule has 1 amide bonds. The molecule has 3 aromatic heterocycles. The van der Waals surface area contributed by atoms with E-state index in [0.29, 0.717) is 19.6 Å². The van der Waals surface area contributed by atoms with E-state index in [1.807, 2.05) is 12.1 Å². The van der Waals surface area contributed by atoms with Crippen LogP contribution in [0.3, 0.4) is 0 Å². The van der Waals surface area contributed by atoms with Crippen LogP contribution < -0.4 is 16.0 Å². The first-order valence-electron chi connectivity index (χ1n) is 11.8. The third kappa shape index (κ3) is 5.29. The number of carbonyl (C=O) groups is 1. The Labute approximate surface area is 213 Å². The molecule has 1 aromatic carbocycles. The van der Waals surface area contributed by atoms with Crippen molar-refractivity contribution < 1.29 is 9.53 Å². The lowest BCUT2D eigenvalue weighted by Gasteiger charge is -2.20. The van der Waals surface area contributed by atoms with Gasteiger partial charge in [-0.1, -0.05) is 6.07 Å². The van der Waals surface area contributed by atoms with Gasteiger partial charge in [-0.3, -0.25) is 9.78 Å². The van der Waals surface area contributed by atoms with Gasteiger partial charge in [-0.25, -0.2) is 4.98 Å². The van der Waals surface area contributed by atoms with Gasteiger partial charge < -0.3 is 20.7 Å². The summed E-state index contributed by atoms with van der Waals surface area (Å²) in [7, 11) is 1.67. The Balaban J connectivity index is 1.45. The largest absolute Gasteiger partial charge is 0.383 e. The fraction of sp³-hybridized carbons (Fsp3) is 0.346. The number of ether oxygens (including phenoxy) is 1. The first kappa shape index (κ1) is 24.0. The monoisotopic (exact) mass is 507 g/mol. The number of thiazole rings is 1. The van der Waals surface area contributed by atoms with Crippen LogP contribution in [0.4, 0.5) is 5.00 Å². The summed E-state index contributed by atoms with van der Waals surface area (Å²) in [6, 6.07) is 10.7. The van der Waals surface area contributed by atoms with E-state index in [-0.39, 0.29) is 11.9 Å². The summed E-state index contributed by atoms with van der Waals surface area (Å²) in [5.74, 6) is 0.0106. The molecule has 0 saturated heterocycles. The second-order valence-electron chi connectivity index (χ2n) is 8.55. The number of fused-ring (bicyclic) bond motifs is 2. The number of hydrogen-bond acceptors (Lipinski definition) is 8. The van der Waals surface area contributed by atoms with Crippen molar-refractivity contribution in [1.82, 2.24) is 20.6 Å². The highest BCUT2D eigenvalue weighted by Crippen LogP contribution is 2.47. The van der Waals surface area contributed by atoms with Crippen LogP contribution in [0.5, 0.6) is 0 Å². The third-order valence-corrected chi connectivity index (χ3v) is 8.52. The van der Waals surface area contributed by atoms with Gasteiger partial charge in [-0.2, -0.15) is 0 Å². The van der Waals surface area contributed by atoms with Crippen LogP contribution in [0, 0.1) is 0 Å². The van der Waals surface area contributed by atoms with Gasteiger partial charge in [0.05, 0.1) is 16.8 Å². The molecule has 0 aliphatic carbocycles. The Morgan fingerprint density at radius 2 is 2.03 bits per heavy atom. The quantitative estimate of drug-likeness (QED) is 0.281. The highest BCUT2D eigenvalue weighted by molar-refractivity contribution is 7.23. The molecule has 4 heterocycles. The van der Waals surface area contributed by atoms with Crippen LogP contribution in [-0.2, 0) is 16.0 Å². The van der Waals surface area contributed by atoms with Crippen molar-refractivity contribution in [1.29, 1.82) is 0 Å². The van der Waals surface area contributed by atoms with Crippen molar-refractivity contribution in [3.05, 3.63) is 53.2 Å². The van der Waals surface area contributed by atoms with Crippen molar-refractivity contribution in [2.24, 2.45) is 0 Å². The first-order chi connectivity index (χ1) is 17.1. The molecule has 7 nitrogen and oxygen atoms in total. The molecular formula is C26H29N5O2S2. The minimum atomic E-state index is 0.0106. The van der Waals surface area contributed by atoms with E-state index in [2.05, 4.69) is 46.1 Å². The zero-order valence-electron chi connectivity index (χ0n) is 19.9. The number of thiophene rings is 1. The molecule has 1 aliphatic rings. The van der Waals surface area contributed by atoms with Crippen LogP contribution in [-0.4, -0.2) is 49.2 Å². The number of nitrogens with zero attached hydrogens (tertiary/aromatic N) is 2. The van der Waals surface area contributed by atoms with Crippen LogP contribution in [0.25, 0.3) is 31.9 Å². The van der Waals surface area contributed by atoms with Crippen molar-refractivity contribution in [3.63, 3.8) is 0 Å². The van der Waals surface area contributed by atoms with Crippen molar-refractivity contribution in [2.45, 2.75) is 25.8 Å². The van der Waals surface area contributed by atoms with E-state index in [1.165, 1.54) is 10.4 Å². The highest BCUT2D eigenvalue weighted by Gasteiger charge is 2.28. The van der Waals surface area contributed by atoms with Crippen molar-refractivity contribution in [2.75, 3.05) is 38.7 Å². The molecule has 182 valence electrons. The SMILES string of the molecule is COCCNCCC(=O)Nc1sc2c(c1-c1nc3cc(-c4ccncc4)ccc3s1)CCN[C@@H]2C. The maximum atomic E-state index is 12.8. The molecule has 3 N–H and O–H groups in total. The summed E-state index contributed by atoms with van der Waals surface area (Å²) in [5, 5.41) is 11.8. The maximum Gasteiger partial charge on any atom is 0.226 e. The van der Waals surface area contributed by atoms with Gasteiger partial charge in [-0.15, -0.1) is 22.7 Å². The number of rotatable bonds is 9. The zero-order chi connectivity index (χ0) is 24.2. The standard InChI is InChI=1S/C26H29N5O2S2/c1-16-24-19(7-12-29-16)23(26(35-24)31-22(32)8-11-28-13-14-33-2)25-30-20-15-18(3-4-21(20)34-25)17-5-9-27-10-6-17/h3-6,9-10,15-16,28-29H,7-8,11-14H2,1-2H3,(H,31,32)/t16-/m1/s1. The Hall–Kier alpha value is -2.69. The van der Waals surface area contributed by atoms with E-state index in [4.69, 9.17) is 9.72 Å². The number of hydrogen-bond donors (Lipinski definition) is 3. The van der Waals surface area contributed by atoms with Crippen molar-refractivity contribution in [3.8, 4) is 21.7 Å². The van der Waals surface area contributed by atoms with E-state index in [1.54, 1.807) is 42.2 Å². The molecule has 0 radical (unpaired) electrons. The molecule has 0 bridgehead atoms. The van der Waals surface area contributed by atoms with Gasteiger partial charge in [0.1, 0.15) is 10.0 Å². The summed E-state index contributed by atoms with van der Waals surface area (Å²) >= 11 is 3.36. The molecule has 0 spiro atoms. The van der Waals surface area contributed by atoms with Crippen LogP contribution in [0.2, 0.25) is 0 Å². The maximum absolute atomic E-state index is 12.8. The molecule has 4 aromatic rings. The van der Waals surface area contributed by atoms with Crippen LogP contribution >= 0.6 is 22.7 Å². The fourth-order valence-electron chi connectivity index (χ4n) is 4.35. The molecular weight excluding hydrogens is 478 g/mol. The van der Waals surface area contributed by atoms with E-state index in [0.717, 1.165) is 56.4 Å². The Bertz CT molecular complexity index is 1320. The molecule has 5 rings (SSSR count). The predicted molar refractivity (Wildman–Crippen MR) is 144 cm³/mol. The molecule has 1 aliphatic heterocycles. The van der Waals surface area contributed by atoms with Gasteiger partial charge in [0.15, 0.2) is 0 Å². The van der Waals surface area contributed by atoms with E-state index >= 15 is 0 Å². The normalized spacial score (nSPS) is 15.3. The highest BCUT2D eigenvalue weighted by atomic mass is 32.1. The fourth-order valence-corrected chi connectivity index (χ4v) is 6.73. The number of amides is 1. The average molecular weight is 508 g/mol. The molecule has 1 atom stereocenters. The minimum absolute atomic E-state index is 0.0106. The Morgan fingerprint density at radius 1 is 1.17 bits per heavy atom. The molecule has 9 heteroatoms. The Morgan fingerprint density at radius 3 is 2.86 bits per heavy atom. The number of nitrogens with one attached hydrogen (secondary N) is 3. The second-order valence-corrected chi connectivity index (χ2v) is 10.6. The predicted octanol–water partition coefficient (Wildman–Crippen LogP) is 4.86.